The maximum Gasteiger partial charge on any atom is 0.416 e. The fourth-order valence-electron chi connectivity index (χ4n) is 5.62. The summed E-state index contributed by atoms with van der Waals surface area (Å²) >= 11 is 0. The van der Waals surface area contributed by atoms with Crippen molar-refractivity contribution < 1.29 is 27.6 Å². The number of halogens is 3. The van der Waals surface area contributed by atoms with Gasteiger partial charge in [-0.05, 0) is 68.2 Å². The molecule has 0 spiro atoms. The van der Waals surface area contributed by atoms with E-state index in [1.165, 1.54) is 17.0 Å². The van der Waals surface area contributed by atoms with Gasteiger partial charge in [-0.1, -0.05) is 18.2 Å². The van der Waals surface area contributed by atoms with Crippen molar-refractivity contribution in [3.05, 3.63) is 76.5 Å². The Bertz CT molecular complexity index is 1390. The van der Waals surface area contributed by atoms with E-state index in [0.717, 1.165) is 43.0 Å². The number of nitrogens with one attached hydrogen (secondary N) is 1. The Balaban J connectivity index is 1.52. The van der Waals surface area contributed by atoms with Crippen LogP contribution in [0.2, 0.25) is 0 Å². The van der Waals surface area contributed by atoms with Gasteiger partial charge in [0.2, 0.25) is 5.91 Å². The zero-order valence-corrected chi connectivity index (χ0v) is 21.7. The van der Waals surface area contributed by atoms with Crippen LogP contribution in [-0.2, 0) is 15.8 Å². The molecular formula is C29H28F3N5O3. The van der Waals surface area contributed by atoms with Crippen LogP contribution >= 0.6 is 0 Å². The van der Waals surface area contributed by atoms with Crippen LogP contribution in [0.1, 0.15) is 48.4 Å². The molecule has 2 aromatic rings. The number of allylic oxidation sites excluding steroid dienone is 1. The van der Waals surface area contributed by atoms with Gasteiger partial charge in [-0.3, -0.25) is 14.5 Å². The molecule has 1 atom stereocenters. The smallest absolute Gasteiger partial charge is 0.353 e. The highest BCUT2D eigenvalue weighted by Gasteiger charge is 2.46. The predicted octanol–water partition coefficient (Wildman–Crippen LogP) is 4.39. The lowest BCUT2D eigenvalue weighted by Gasteiger charge is -2.42. The highest BCUT2D eigenvalue weighted by molar-refractivity contribution is 6.08. The van der Waals surface area contributed by atoms with E-state index in [-0.39, 0.29) is 29.9 Å². The number of urea groups is 1. The molecule has 208 valence electrons. The predicted molar refractivity (Wildman–Crippen MR) is 140 cm³/mol. The molecule has 3 amide bonds. The number of amides is 3. The third-order valence-corrected chi connectivity index (χ3v) is 7.54. The summed E-state index contributed by atoms with van der Waals surface area (Å²) in [5.74, 6) is -0.682. The van der Waals surface area contributed by atoms with Crippen LogP contribution < -0.4 is 10.2 Å². The van der Waals surface area contributed by atoms with Crippen molar-refractivity contribution in [1.29, 1.82) is 5.26 Å². The summed E-state index contributed by atoms with van der Waals surface area (Å²) in [5.41, 5.74) is 0.559. The van der Waals surface area contributed by atoms with Gasteiger partial charge >= 0.3 is 12.2 Å². The maximum atomic E-state index is 14.0. The van der Waals surface area contributed by atoms with Gasteiger partial charge in [-0.15, -0.1) is 0 Å². The van der Waals surface area contributed by atoms with E-state index in [1.54, 1.807) is 24.3 Å². The number of anilines is 1. The fraction of sp³-hybridized carbons (Fsp3) is 0.379. The summed E-state index contributed by atoms with van der Waals surface area (Å²) in [5, 5.41) is 12.1. The molecule has 11 heteroatoms. The third kappa shape index (κ3) is 5.45. The van der Waals surface area contributed by atoms with Crippen molar-refractivity contribution in [3.8, 4) is 6.07 Å². The third-order valence-electron chi connectivity index (χ3n) is 7.54. The molecule has 5 rings (SSSR count). The lowest BCUT2D eigenvalue weighted by atomic mass is 9.92. The number of nitrogens with zero attached hydrogens (tertiary/aromatic N) is 4. The van der Waals surface area contributed by atoms with Crippen LogP contribution in [0.3, 0.4) is 0 Å². The van der Waals surface area contributed by atoms with Gasteiger partial charge < -0.3 is 15.1 Å². The first-order valence-electron chi connectivity index (χ1n) is 13.2. The zero-order valence-electron chi connectivity index (χ0n) is 21.7. The first-order chi connectivity index (χ1) is 19.2. The number of nitriles is 1. The van der Waals surface area contributed by atoms with Gasteiger partial charge in [0.25, 0.3) is 0 Å². The van der Waals surface area contributed by atoms with E-state index >= 15 is 0 Å². The molecule has 1 fully saturated rings. The number of Topliss-reactive ketones (excluding diaryl/α,β-unsaturated/α-hetero) is 1. The molecule has 0 saturated carbocycles. The molecule has 0 aromatic heterocycles. The minimum atomic E-state index is -4.63. The first kappa shape index (κ1) is 27.4. The standard InChI is InChI=1S/C29H28F3N5O3/c30-29(31,32)21-4-3-5-22(16-21)37-23-10-11-24(38)26(23)27(20-8-6-19(17-33)7-9-20)36(28(37)40)18-25(39)34-12-15-35-13-1-2-14-35/h3-9,16,27H,1-2,10-15,18H2,(H,34,39). The second kappa shape index (κ2) is 11.1. The SMILES string of the molecule is N#Cc1ccc(C2C3=C(CCC3=O)N(c3cccc(C(F)(F)F)c3)C(=O)N2CC(=O)NCCN2CCCC2)cc1. The van der Waals surface area contributed by atoms with Crippen molar-refractivity contribution in [1.82, 2.24) is 15.1 Å². The Kier molecular flexibility index (Phi) is 7.63. The molecule has 2 aliphatic heterocycles. The molecule has 0 radical (unpaired) electrons. The topological polar surface area (TPSA) is 96.7 Å². The summed E-state index contributed by atoms with van der Waals surface area (Å²) in [4.78, 5) is 44.9. The molecule has 1 N–H and O–H groups in total. The molecule has 3 aliphatic rings. The lowest BCUT2D eigenvalue weighted by molar-refractivity contribution is -0.137. The van der Waals surface area contributed by atoms with Gasteiger partial charge in [-0.2, -0.15) is 18.4 Å². The normalized spacial score (nSPS) is 19.7. The Morgan fingerprint density at radius 1 is 1.05 bits per heavy atom. The second-order valence-electron chi connectivity index (χ2n) is 10.1. The van der Waals surface area contributed by atoms with Gasteiger partial charge in [0.1, 0.15) is 6.54 Å². The summed E-state index contributed by atoms with van der Waals surface area (Å²) in [6.07, 6.45) is -2.13. The van der Waals surface area contributed by atoms with E-state index in [1.807, 2.05) is 6.07 Å². The van der Waals surface area contributed by atoms with Crippen LogP contribution in [-0.4, -0.2) is 60.2 Å². The minimum absolute atomic E-state index is 0.0280. The van der Waals surface area contributed by atoms with Crippen LogP contribution in [0.15, 0.2) is 59.8 Å². The molecule has 1 unspecified atom stereocenters. The number of rotatable bonds is 7. The molecule has 2 aromatic carbocycles. The fourth-order valence-corrected chi connectivity index (χ4v) is 5.62. The van der Waals surface area contributed by atoms with Crippen LogP contribution in [0.4, 0.5) is 23.7 Å². The maximum absolute atomic E-state index is 14.0. The summed E-state index contributed by atoms with van der Waals surface area (Å²) < 4.78 is 40.6. The Labute approximate surface area is 229 Å². The number of carbonyl (C=O) groups is 3. The average Bonchev–Trinajstić information content (AvgIpc) is 3.59. The van der Waals surface area contributed by atoms with E-state index in [2.05, 4.69) is 10.2 Å². The molecule has 1 aliphatic carbocycles. The number of hydrogen-bond acceptors (Lipinski definition) is 5. The van der Waals surface area contributed by atoms with E-state index in [9.17, 15) is 32.8 Å². The molecular weight excluding hydrogens is 523 g/mol. The van der Waals surface area contributed by atoms with Crippen LogP contribution in [0, 0.1) is 11.3 Å². The van der Waals surface area contributed by atoms with Crippen LogP contribution in [0.25, 0.3) is 0 Å². The van der Waals surface area contributed by atoms with E-state index in [4.69, 9.17) is 0 Å². The summed E-state index contributed by atoms with van der Waals surface area (Å²) in [6, 6.07) is 11.2. The lowest BCUT2D eigenvalue weighted by Crippen LogP contribution is -2.53. The zero-order chi connectivity index (χ0) is 28.4. The van der Waals surface area contributed by atoms with Crippen molar-refractivity contribution in [2.75, 3.05) is 37.6 Å². The Morgan fingerprint density at radius 3 is 2.45 bits per heavy atom. The number of ketones is 1. The highest BCUT2D eigenvalue weighted by atomic mass is 19.4. The van der Waals surface area contributed by atoms with E-state index < -0.39 is 36.3 Å². The number of benzene rings is 2. The number of hydrogen-bond donors (Lipinski definition) is 1. The first-order valence-corrected chi connectivity index (χ1v) is 13.2. The number of alkyl halides is 3. The number of carbonyl (C=O) groups excluding carboxylic acids is 3. The van der Waals surface area contributed by atoms with Crippen molar-refractivity contribution >= 4 is 23.4 Å². The molecule has 8 nitrogen and oxygen atoms in total. The molecule has 40 heavy (non-hydrogen) atoms. The Hall–Kier alpha value is -4.17. The quantitative estimate of drug-likeness (QED) is 0.551. The summed E-state index contributed by atoms with van der Waals surface area (Å²) in [6.45, 7) is 2.58. The van der Waals surface area contributed by atoms with Crippen LogP contribution in [0.5, 0.6) is 0 Å². The average molecular weight is 552 g/mol. The van der Waals surface area contributed by atoms with E-state index in [0.29, 0.717) is 29.9 Å². The van der Waals surface area contributed by atoms with Crippen molar-refractivity contribution in [2.45, 2.75) is 37.9 Å². The number of likely N-dealkylation sites (tertiary alicyclic amines) is 1. The largest absolute Gasteiger partial charge is 0.416 e. The van der Waals surface area contributed by atoms with Gasteiger partial charge in [0.05, 0.1) is 28.9 Å². The minimum Gasteiger partial charge on any atom is -0.353 e. The second-order valence-corrected chi connectivity index (χ2v) is 10.1. The molecule has 0 bridgehead atoms. The monoisotopic (exact) mass is 551 g/mol. The van der Waals surface area contributed by atoms with Crippen molar-refractivity contribution in [3.63, 3.8) is 0 Å². The summed E-state index contributed by atoms with van der Waals surface area (Å²) in [7, 11) is 0. The highest BCUT2D eigenvalue weighted by Crippen LogP contribution is 2.45. The molecule has 1 saturated heterocycles. The molecule has 2 heterocycles. The Morgan fingerprint density at radius 2 is 1.77 bits per heavy atom. The van der Waals surface area contributed by atoms with Gasteiger partial charge in [-0.25, -0.2) is 4.79 Å². The van der Waals surface area contributed by atoms with Crippen molar-refractivity contribution in [2.24, 2.45) is 0 Å². The van der Waals surface area contributed by atoms with Gasteiger partial charge in [0, 0.05) is 30.8 Å². The van der Waals surface area contributed by atoms with Gasteiger partial charge in [0.15, 0.2) is 5.78 Å².